The Balaban J connectivity index is 2.07. The van der Waals surface area contributed by atoms with Gasteiger partial charge in [-0.25, -0.2) is 8.42 Å². The molecule has 0 aliphatic carbocycles. The largest absolute Gasteiger partial charge is 0.416 e. The number of nitrogens with one attached hydrogen (secondary N) is 1. The van der Waals surface area contributed by atoms with Crippen molar-refractivity contribution in [3.63, 3.8) is 0 Å². The summed E-state index contributed by atoms with van der Waals surface area (Å²) in [6.07, 6.45) is -4.73. The summed E-state index contributed by atoms with van der Waals surface area (Å²) in [5.74, 6) is -0.739. The van der Waals surface area contributed by atoms with Crippen molar-refractivity contribution in [1.82, 2.24) is 0 Å². The molecule has 3 aromatic rings. The standard InChI is InChI=1S/C23H20ClF3N2O3S/c1-15-8-9-16(2)20(12-15)28-22(30)14-29(33(31,32)18-6-4-3-5-7-18)21-13-17(23(25,26)27)10-11-19(21)24/h3-13H,14H2,1-2H3,(H,28,30). The number of benzene rings is 3. The van der Waals surface area contributed by atoms with Crippen molar-refractivity contribution >= 4 is 38.9 Å². The van der Waals surface area contributed by atoms with Gasteiger partial charge in [0.2, 0.25) is 5.91 Å². The predicted molar refractivity (Wildman–Crippen MR) is 122 cm³/mol. The van der Waals surface area contributed by atoms with Gasteiger partial charge < -0.3 is 5.32 Å². The number of sulfonamides is 1. The minimum absolute atomic E-state index is 0.196. The summed E-state index contributed by atoms with van der Waals surface area (Å²) in [6.45, 7) is 2.80. The van der Waals surface area contributed by atoms with E-state index in [1.807, 2.05) is 13.0 Å². The van der Waals surface area contributed by atoms with Crippen molar-refractivity contribution in [1.29, 1.82) is 0 Å². The lowest BCUT2D eigenvalue weighted by molar-refractivity contribution is -0.137. The summed E-state index contributed by atoms with van der Waals surface area (Å²) in [5.41, 5.74) is 0.526. The van der Waals surface area contributed by atoms with Gasteiger partial charge in [-0.05, 0) is 61.4 Å². The Morgan fingerprint density at radius 1 is 1.00 bits per heavy atom. The number of nitrogens with zero attached hydrogens (tertiary/aromatic N) is 1. The van der Waals surface area contributed by atoms with E-state index in [0.717, 1.165) is 23.3 Å². The Morgan fingerprint density at radius 2 is 1.67 bits per heavy atom. The van der Waals surface area contributed by atoms with Gasteiger partial charge in [0, 0.05) is 5.69 Å². The number of carbonyl (C=O) groups excluding carboxylic acids is 1. The summed E-state index contributed by atoms with van der Waals surface area (Å²) in [6, 6.07) is 14.8. The topological polar surface area (TPSA) is 66.5 Å². The Hall–Kier alpha value is -3.04. The fourth-order valence-electron chi connectivity index (χ4n) is 3.09. The first-order valence-electron chi connectivity index (χ1n) is 9.71. The Bertz CT molecular complexity index is 1280. The highest BCUT2D eigenvalue weighted by atomic mass is 35.5. The number of rotatable bonds is 6. The Morgan fingerprint density at radius 3 is 2.30 bits per heavy atom. The average molecular weight is 497 g/mol. The normalized spacial score (nSPS) is 11.8. The van der Waals surface area contributed by atoms with Crippen LogP contribution in [0.15, 0.2) is 71.6 Å². The zero-order valence-electron chi connectivity index (χ0n) is 17.7. The zero-order valence-corrected chi connectivity index (χ0v) is 19.2. The number of alkyl halides is 3. The van der Waals surface area contributed by atoms with Crippen molar-refractivity contribution in [3.05, 3.63) is 88.4 Å². The van der Waals surface area contributed by atoms with Crippen LogP contribution in [0.25, 0.3) is 0 Å². The number of hydrogen-bond acceptors (Lipinski definition) is 3. The molecule has 3 aromatic carbocycles. The van der Waals surface area contributed by atoms with Crippen LogP contribution in [0.3, 0.4) is 0 Å². The monoisotopic (exact) mass is 496 g/mol. The van der Waals surface area contributed by atoms with E-state index in [0.29, 0.717) is 16.1 Å². The van der Waals surface area contributed by atoms with Crippen LogP contribution in [-0.2, 0) is 21.0 Å². The van der Waals surface area contributed by atoms with Crippen molar-refractivity contribution in [2.45, 2.75) is 24.9 Å². The molecule has 0 saturated heterocycles. The summed E-state index contributed by atoms with van der Waals surface area (Å²) in [7, 11) is -4.42. The number of halogens is 4. The van der Waals surface area contributed by atoms with Crippen LogP contribution in [0.4, 0.5) is 24.5 Å². The molecule has 0 fully saturated rings. The highest BCUT2D eigenvalue weighted by Crippen LogP contribution is 2.37. The fraction of sp³-hybridized carbons (Fsp3) is 0.174. The maximum Gasteiger partial charge on any atom is 0.416 e. The van der Waals surface area contributed by atoms with E-state index in [1.54, 1.807) is 25.1 Å². The number of anilines is 2. The molecular formula is C23H20ClF3N2O3S. The minimum Gasteiger partial charge on any atom is -0.324 e. The molecule has 3 rings (SSSR count). The molecule has 0 aromatic heterocycles. The molecule has 0 heterocycles. The second-order valence-corrected chi connectivity index (χ2v) is 9.62. The Labute approximate surface area is 194 Å². The maximum atomic E-state index is 13.4. The highest BCUT2D eigenvalue weighted by Gasteiger charge is 2.34. The van der Waals surface area contributed by atoms with Gasteiger partial charge in [-0.2, -0.15) is 13.2 Å². The van der Waals surface area contributed by atoms with Gasteiger partial charge >= 0.3 is 6.18 Å². The number of amides is 1. The molecule has 1 amide bonds. The molecule has 0 spiro atoms. The van der Waals surface area contributed by atoms with E-state index in [2.05, 4.69) is 5.32 Å². The van der Waals surface area contributed by atoms with Crippen LogP contribution in [0.5, 0.6) is 0 Å². The molecule has 10 heteroatoms. The molecule has 0 aliphatic heterocycles. The molecule has 0 radical (unpaired) electrons. The molecule has 5 nitrogen and oxygen atoms in total. The third-order valence-electron chi connectivity index (χ3n) is 4.83. The van der Waals surface area contributed by atoms with Crippen LogP contribution < -0.4 is 9.62 Å². The average Bonchev–Trinajstić information content (AvgIpc) is 2.75. The van der Waals surface area contributed by atoms with Crippen molar-refractivity contribution in [2.24, 2.45) is 0 Å². The third kappa shape index (κ3) is 5.66. The van der Waals surface area contributed by atoms with Crippen molar-refractivity contribution < 1.29 is 26.4 Å². The van der Waals surface area contributed by atoms with Crippen molar-refractivity contribution in [3.8, 4) is 0 Å². The van der Waals surface area contributed by atoms with E-state index in [9.17, 15) is 26.4 Å². The molecule has 33 heavy (non-hydrogen) atoms. The molecule has 0 saturated carbocycles. The fourth-order valence-corrected chi connectivity index (χ4v) is 4.81. The van der Waals surface area contributed by atoms with Gasteiger partial charge in [0.25, 0.3) is 10.0 Å². The molecular weight excluding hydrogens is 477 g/mol. The first-order valence-corrected chi connectivity index (χ1v) is 11.5. The summed E-state index contributed by atoms with van der Waals surface area (Å²) < 4.78 is 67.3. The predicted octanol–water partition coefficient (Wildman–Crippen LogP) is 5.81. The maximum absolute atomic E-state index is 13.4. The lowest BCUT2D eigenvalue weighted by Gasteiger charge is -2.26. The van der Waals surface area contributed by atoms with Gasteiger partial charge in [0.05, 0.1) is 21.2 Å². The van der Waals surface area contributed by atoms with E-state index in [4.69, 9.17) is 11.6 Å². The van der Waals surface area contributed by atoms with Crippen molar-refractivity contribution in [2.75, 3.05) is 16.2 Å². The van der Waals surface area contributed by atoms with Gasteiger partial charge in [0.1, 0.15) is 6.54 Å². The number of aryl methyl sites for hydroxylation is 2. The first-order chi connectivity index (χ1) is 15.4. The SMILES string of the molecule is Cc1ccc(C)c(NC(=O)CN(c2cc(C(F)(F)F)ccc2Cl)S(=O)(=O)c2ccccc2)c1. The molecule has 0 unspecified atom stereocenters. The number of carbonyl (C=O) groups is 1. The first kappa shape index (κ1) is 24.6. The van der Waals surface area contributed by atoms with Crippen LogP contribution in [0, 0.1) is 13.8 Å². The van der Waals surface area contributed by atoms with Crippen LogP contribution >= 0.6 is 11.6 Å². The number of hydrogen-bond donors (Lipinski definition) is 1. The second-order valence-electron chi connectivity index (χ2n) is 7.36. The van der Waals surface area contributed by atoms with Crippen LogP contribution in [0.2, 0.25) is 5.02 Å². The molecule has 0 aliphatic rings. The molecule has 174 valence electrons. The second kappa shape index (κ2) is 9.44. The zero-order chi connectivity index (χ0) is 24.4. The van der Waals surface area contributed by atoms with E-state index in [-0.39, 0.29) is 9.92 Å². The summed E-state index contributed by atoms with van der Waals surface area (Å²) >= 11 is 6.12. The van der Waals surface area contributed by atoms with E-state index < -0.39 is 39.9 Å². The lowest BCUT2D eigenvalue weighted by Crippen LogP contribution is -2.38. The lowest BCUT2D eigenvalue weighted by atomic mass is 10.1. The molecule has 1 N–H and O–H groups in total. The minimum atomic E-state index is -4.73. The van der Waals surface area contributed by atoms with E-state index >= 15 is 0 Å². The summed E-state index contributed by atoms with van der Waals surface area (Å²) in [5, 5.41) is 2.38. The third-order valence-corrected chi connectivity index (χ3v) is 6.92. The smallest absolute Gasteiger partial charge is 0.324 e. The summed E-state index contributed by atoms with van der Waals surface area (Å²) in [4.78, 5) is 12.7. The van der Waals surface area contributed by atoms with E-state index in [1.165, 1.54) is 24.3 Å². The van der Waals surface area contributed by atoms with Gasteiger partial charge in [-0.1, -0.05) is 41.9 Å². The van der Waals surface area contributed by atoms with Gasteiger partial charge in [0.15, 0.2) is 0 Å². The molecule has 0 atom stereocenters. The quantitative estimate of drug-likeness (QED) is 0.468. The van der Waals surface area contributed by atoms with Crippen LogP contribution in [0.1, 0.15) is 16.7 Å². The highest BCUT2D eigenvalue weighted by molar-refractivity contribution is 7.92. The van der Waals surface area contributed by atoms with Gasteiger partial charge in [-0.3, -0.25) is 9.10 Å². The Kier molecular flexibility index (Phi) is 7.04. The van der Waals surface area contributed by atoms with Gasteiger partial charge in [-0.15, -0.1) is 0 Å². The van der Waals surface area contributed by atoms with Crippen LogP contribution in [-0.4, -0.2) is 20.9 Å². The molecule has 0 bridgehead atoms.